The van der Waals surface area contributed by atoms with Crippen molar-refractivity contribution in [3.8, 4) is 0 Å². The first-order valence-corrected chi connectivity index (χ1v) is 13.9. The Hall–Kier alpha value is -3.51. The van der Waals surface area contributed by atoms with Crippen LogP contribution in [0.25, 0.3) is 0 Å². The number of carboxylic acid groups (broad SMARTS) is 3. The molecule has 21 nitrogen and oxygen atoms in total. The van der Waals surface area contributed by atoms with Gasteiger partial charge in [-0.15, -0.1) is 0 Å². The summed E-state index contributed by atoms with van der Waals surface area (Å²) in [6, 6.07) is -2.18. The summed E-state index contributed by atoms with van der Waals surface area (Å²) in [6.07, 6.45) is -1.24. The maximum atomic E-state index is 11.3. The summed E-state index contributed by atoms with van der Waals surface area (Å²) in [7, 11) is 4.35. The first-order valence-electron chi connectivity index (χ1n) is 13.5. The van der Waals surface area contributed by atoms with Crippen LogP contribution in [0.15, 0.2) is 0 Å². The standard InChI is InChI=1S/C8H15BN2O5.C7H12N2O4.C5H10N2O2.C2H3ClO2.CH5NO/c1-9(15)10-3-4-11(8(14)16-2)6(5-10)7(12)13;1-13-7(12)9-3-2-8-4-5(9)6(10)11;8-5(9)4-3-6-1-2-7-4;1-5-2(3)4;1-3-2/h6,15H,3-5H2,1-2H3,(H,12,13);5,8H,2-4H2,1H3,(H,10,11);4,6-7H,1-3H2,(H,8,9);1H3;2H2,1H3/t6-;5-;4-;;/m111../s1. The zero-order chi connectivity index (χ0) is 35.8. The van der Waals surface area contributed by atoms with Gasteiger partial charge < -0.3 is 60.2 Å². The molecular formula is C23H45BClN7O14. The van der Waals surface area contributed by atoms with Crippen molar-refractivity contribution in [1.82, 2.24) is 30.6 Å². The molecule has 2 amide bonds. The minimum Gasteiger partial charge on any atom is -0.480 e. The molecule has 9 N–H and O–H groups in total. The fourth-order valence-electron chi connectivity index (χ4n) is 3.78. The lowest BCUT2D eigenvalue weighted by Gasteiger charge is -2.38. The summed E-state index contributed by atoms with van der Waals surface area (Å²) in [5.41, 5.74) is -0.773. The second kappa shape index (κ2) is 25.7. The number of halogens is 1. The summed E-state index contributed by atoms with van der Waals surface area (Å²) < 4.78 is 12.9. The Bertz CT molecular complexity index is 949. The average molecular weight is 690 g/mol. The second-order valence-corrected chi connectivity index (χ2v) is 9.40. The Kier molecular flexibility index (Phi) is 24.9. The molecule has 0 bridgehead atoms. The van der Waals surface area contributed by atoms with Gasteiger partial charge in [0.05, 0.1) is 28.4 Å². The Morgan fingerprint density at radius 2 is 1.24 bits per heavy atom. The topological polar surface area (TPSA) is 292 Å². The molecule has 0 aromatic carbocycles. The number of carboxylic acids is 3. The number of rotatable bonds is 4. The molecule has 0 aromatic heterocycles. The van der Waals surface area contributed by atoms with Crippen LogP contribution in [0.2, 0.25) is 6.82 Å². The number of nitrogens with one attached hydrogen (secondary N) is 3. The molecule has 3 aliphatic rings. The third-order valence-electron chi connectivity index (χ3n) is 6.07. The molecule has 0 aliphatic carbocycles. The van der Waals surface area contributed by atoms with Gasteiger partial charge >= 0.3 is 42.6 Å². The number of methoxy groups -OCH3 is 3. The monoisotopic (exact) mass is 689 g/mol. The van der Waals surface area contributed by atoms with Crippen LogP contribution in [-0.4, -0.2) is 183 Å². The molecule has 3 heterocycles. The van der Waals surface area contributed by atoms with E-state index in [1.807, 2.05) is 0 Å². The highest BCUT2D eigenvalue weighted by Crippen LogP contribution is 2.12. The predicted octanol–water partition coefficient (Wildman–Crippen LogP) is -2.82. The van der Waals surface area contributed by atoms with Crippen LogP contribution in [0.1, 0.15) is 0 Å². The van der Waals surface area contributed by atoms with Crippen molar-refractivity contribution in [3.05, 3.63) is 0 Å². The lowest BCUT2D eigenvalue weighted by molar-refractivity contribution is -0.144. The molecule has 3 fully saturated rings. The molecule has 3 aliphatic heterocycles. The van der Waals surface area contributed by atoms with Gasteiger partial charge in [0.1, 0.15) is 18.1 Å². The van der Waals surface area contributed by atoms with Gasteiger partial charge in [-0.3, -0.25) is 14.6 Å². The lowest BCUT2D eigenvalue weighted by Crippen LogP contribution is -2.60. The first kappa shape index (κ1) is 44.6. The van der Waals surface area contributed by atoms with E-state index in [0.29, 0.717) is 26.2 Å². The fraction of sp³-hybridized carbons (Fsp3) is 0.739. The Morgan fingerprint density at radius 1 is 0.761 bits per heavy atom. The van der Waals surface area contributed by atoms with E-state index in [4.69, 9.17) is 15.3 Å². The molecule has 3 rings (SSSR count). The summed E-state index contributed by atoms with van der Waals surface area (Å²) in [4.78, 5) is 71.4. The Labute approximate surface area is 271 Å². The van der Waals surface area contributed by atoms with E-state index in [1.54, 1.807) is 11.6 Å². The molecule has 266 valence electrons. The van der Waals surface area contributed by atoms with Crippen molar-refractivity contribution in [2.75, 3.05) is 87.3 Å². The van der Waals surface area contributed by atoms with Crippen molar-refractivity contribution < 1.29 is 68.2 Å². The van der Waals surface area contributed by atoms with Crippen LogP contribution in [-0.2, 0) is 33.4 Å². The number of hydrogen-bond acceptors (Lipinski definition) is 16. The Balaban J connectivity index is 0. The highest BCUT2D eigenvalue weighted by atomic mass is 35.5. The number of carbonyl (C=O) groups is 6. The van der Waals surface area contributed by atoms with Gasteiger partial charge in [-0.05, 0) is 6.82 Å². The predicted molar refractivity (Wildman–Crippen MR) is 161 cm³/mol. The van der Waals surface area contributed by atoms with Crippen LogP contribution in [0.5, 0.6) is 0 Å². The number of hydrogen-bond donors (Lipinski definition) is 8. The molecule has 0 unspecified atom stereocenters. The van der Waals surface area contributed by atoms with Crippen molar-refractivity contribution >= 4 is 54.2 Å². The van der Waals surface area contributed by atoms with E-state index in [2.05, 4.69) is 52.5 Å². The SMILES string of the molecule is COC(=O)Cl.COC(=O)N1CCN(B(C)O)C[C@@H]1C(=O)O.COC(=O)N1CCNC[C@@H]1C(=O)O.CON.O=C(O)[C@H]1CNCCN1. The van der Waals surface area contributed by atoms with Crippen LogP contribution in [0.4, 0.5) is 14.4 Å². The van der Waals surface area contributed by atoms with Gasteiger partial charge in [0.25, 0.3) is 0 Å². The molecule has 0 spiro atoms. The number of carbonyl (C=O) groups excluding carboxylic acids is 3. The van der Waals surface area contributed by atoms with Crippen LogP contribution in [0, 0.1) is 0 Å². The van der Waals surface area contributed by atoms with E-state index in [0.717, 1.165) is 18.0 Å². The van der Waals surface area contributed by atoms with Gasteiger partial charge in [0, 0.05) is 70.5 Å². The van der Waals surface area contributed by atoms with Crippen molar-refractivity contribution in [2.24, 2.45) is 5.90 Å². The van der Waals surface area contributed by atoms with Gasteiger partial charge in [-0.2, -0.15) is 0 Å². The summed E-state index contributed by atoms with van der Waals surface area (Å²) in [5.74, 6) is 1.45. The lowest BCUT2D eigenvalue weighted by atomic mass is 9.83. The average Bonchev–Trinajstić information content (AvgIpc) is 3.05. The third kappa shape index (κ3) is 18.5. The van der Waals surface area contributed by atoms with Crippen LogP contribution in [0.3, 0.4) is 0 Å². The number of ether oxygens (including phenoxy) is 3. The highest BCUT2D eigenvalue weighted by molar-refractivity contribution is 6.61. The van der Waals surface area contributed by atoms with E-state index in [9.17, 15) is 33.8 Å². The zero-order valence-electron chi connectivity index (χ0n) is 26.3. The third-order valence-corrected chi connectivity index (χ3v) is 6.23. The van der Waals surface area contributed by atoms with Gasteiger partial charge in [0.15, 0.2) is 0 Å². The molecular weight excluding hydrogens is 645 g/mol. The molecule has 3 atom stereocenters. The van der Waals surface area contributed by atoms with Crippen molar-refractivity contribution in [2.45, 2.75) is 24.9 Å². The van der Waals surface area contributed by atoms with Gasteiger partial charge in [-0.25, -0.2) is 29.9 Å². The molecule has 3 saturated heterocycles. The maximum Gasteiger partial charge on any atom is 0.410 e. The number of amides is 2. The maximum absolute atomic E-state index is 11.3. The highest BCUT2D eigenvalue weighted by Gasteiger charge is 2.37. The van der Waals surface area contributed by atoms with Gasteiger partial charge in [0.2, 0.25) is 0 Å². The van der Waals surface area contributed by atoms with Crippen LogP contribution >= 0.6 is 11.6 Å². The van der Waals surface area contributed by atoms with E-state index in [-0.39, 0.29) is 19.6 Å². The number of piperazine rings is 3. The minimum atomic E-state index is -1.10. The van der Waals surface area contributed by atoms with E-state index in [1.165, 1.54) is 33.3 Å². The number of nitrogens with two attached hydrogens (primary N) is 1. The molecule has 46 heavy (non-hydrogen) atoms. The smallest absolute Gasteiger partial charge is 0.410 e. The Morgan fingerprint density at radius 3 is 1.59 bits per heavy atom. The van der Waals surface area contributed by atoms with Crippen LogP contribution < -0.4 is 21.8 Å². The normalized spacial score (nSPS) is 20.5. The zero-order valence-corrected chi connectivity index (χ0v) is 27.1. The van der Waals surface area contributed by atoms with Crippen molar-refractivity contribution in [1.29, 1.82) is 0 Å². The summed E-state index contributed by atoms with van der Waals surface area (Å²) >= 11 is 4.60. The second-order valence-electron chi connectivity index (χ2n) is 9.09. The minimum absolute atomic E-state index is 0.0993. The first-order chi connectivity index (χ1) is 21.6. The molecule has 23 heteroatoms. The van der Waals surface area contributed by atoms with Crippen molar-refractivity contribution in [3.63, 3.8) is 0 Å². The van der Waals surface area contributed by atoms with E-state index < -0.39 is 60.7 Å². The largest absolute Gasteiger partial charge is 0.480 e. The quantitative estimate of drug-likeness (QED) is 0.0639. The molecule has 0 radical (unpaired) electrons. The molecule has 0 aromatic rings. The summed E-state index contributed by atoms with van der Waals surface area (Å²) in [6.45, 7) is 5.70. The molecule has 0 saturated carbocycles. The number of aliphatic carboxylic acids is 3. The summed E-state index contributed by atoms with van der Waals surface area (Å²) in [5, 5.41) is 44.3. The fourth-order valence-corrected chi connectivity index (χ4v) is 3.78. The number of nitrogens with zero attached hydrogens (tertiary/aromatic N) is 3. The van der Waals surface area contributed by atoms with Gasteiger partial charge in [-0.1, -0.05) is 0 Å². The van der Waals surface area contributed by atoms with E-state index >= 15 is 0 Å².